The van der Waals surface area contributed by atoms with E-state index in [4.69, 9.17) is 9.47 Å². The van der Waals surface area contributed by atoms with Crippen LogP contribution in [0.3, 0.4) is 0 Å². The normalized spacial score (nSPS) is 11.2. The molecule has 0 amide bonds. The van der Waals surface area contributed by atoms with Crippen molar-refractivity contribution >= 4 is 22.7 Å². The fraction of sp³-hybridized carbons (Fsp3) is 0.200. The summed E-state index contributed by atoms with van der Waals surface area (Å²) < 4.78 is 10.9. The molecule has 4 nitrogen and oxygen atoms in total. The third kappa shape index (κ3) is 4.72. The number of rotatable bonds is 4. The summed E-state index contributed by atoms with van der Waals surface area (Å²) in [5.74, 6) is 0.270. The molecule has 3 aromatic carbocycles. The van der Waals surface area contributed by atoms with Gasteiger partial charge in [-0.05, 0) is 68.5 Å². The lowest BCUT2D eigenvalue weighted by atomic mass is 9.97. The lowest BCUT2D eigenvalue weighted by Crippen LogP contribution is -2.25. The highest BCUT2D eigenvalue weighted by molar-refractivity contribution is 5.96. The Hall–Kier alpha value is -3.40. The molecule has 0 saturated carbocycles. The Morgan fingerprint density at radius 1 is 0.862 bits per heavy atom. The third-order valence-corrected chi connectivity index (χ3v) is 4.40. The van der Waals surface area contributed by atoms with Crippen LogP contribution in [0.25, 0.3) is 21.9 Å². The standard InChI is InChI=1S/C25H24O4/c1-16(2)23(26)29-22-8-6-7-18-9-10-19(15-21(18)22)17-11-13-20(14-12-17)28-24(27)25(3,4)5/h6-15H,1H2,2-5H3. The molecule has 0 heterocycles. The van der Waals surface area contributed by atoms with E-state index in [-0.39, 0.29) is 5.97 Å². The molecule has 0 aliphatic heterocycles. The summed E-state index contributed by atoms with van der Waals surface area (Å²) in [6.45, 7) is 10.7. The van der Waals surface area contributed by atoms with Gasteiger partial charge in [-0.3, -0.25) is 4.79 Å². The monoisotopic (exact) mass is 388 g/mol. The van der Waals surface area contributed by atoms with Crippen molar-refractivity contribution in [2.45, 2.75) is 27.7 Å². The lowest BCUT2D eigenvalue weighted by molar-refractivity contribution is -0.143. The van der Waals surface area contributed by atoms with Crippen molar-refractivity contribution in [2.75, 3.05) is 0 Å². The van der Waals surface area contributed by atoms with E-state index in [2.05, 4.69) is 6.58 Å². The number of fused-ring (bicyclic) bond motifs is 1. The molecule has 3 aromatic rings. The van der Waals surface area contributed by atoms with Crippen molar-refractivity contribution in [3.05, 3.63) is 72.8 Å². The van der Waals surface area contributed by atoms with Crippen LogP contribution in [0, 0.1) is 5.41 Å². The van der Waals surface area contributed by atoms with Crippen molar-refractivity contribution < 1.29 is 19.1 Å². The molecule has 0 atom stereocenters. The Kier molecular flexibility index (Phi) is 5.55. The van der Waals surface area contributed by atoms with Gasteiger partial charge in [0.05, 0.1) is 5.41 Å². The van der Waals surface area contributed by atoms with E-state index in [1.807, 2.05) is 63.2 Å². The van der Waals surface area contributed by atoms with Gasteiger partial charge in [0.15, 0.2) is 0 Å². The number of ether oxygens (including phenoxy) is 2. The number of benzene rings is 3. The predicted molar refractivity (Wildman–Crippen MR) is 115 cm³/mol. The molecule has 4 heteroatoms. The average Bonchev–Trinajstić information content (AvgIpc) is 2.67. The third-order valence-electron chi connectivity index (χ3n) is 4.40. The van der Waals surface area contributed by atoms with Gasteiger partial charge in [-0.25, -0.2) is 4.79 Å². The summed E-state index contributed by atoms with van der Waals surface area (Å²) in [5.41, 5.74) is 1.71. The van der Waals surface area contributed by atoms with Crippen LogP contribution in [-0.4, -0.2) is 11.9 Å². The maximum atomic E-state index is 12.0. The van der Waals surface area contributed by atoms with E-state index in [9.17, 15) is 9.59 Å². The minimum Gasteiger partial charge on any atom is -0.426 e. The summed E-state index contributed by atoms with van der Waals surface area (Å²) in [5, 5.41) is 1.80. The first-order valence-electron chi connectivity index (χ1n) is 9.38. The van der Waals surface area contributed by atoms with E-state index in [1.54, 1.807) is 25.1 Å². The largest absolute Gasteiger partial charge is 0.426 e. The molecule has 0 unspecified atom stereocenters. The molecule has 0 saturated heterocycles. The maximum Gasteiger partial charge on any atom is 0.338 e. The van der Waals surface area contributed by atoms with Gasteiger partial charge in [-0.15, -0.1) is 0 Å². The molecule has 0 aliphatic rings. The molecule has 0 radical (unpaired) electrons. The molecule has 148 valence electrons. The minimum atomic E-state index is -0.561. The Morgan fingerprint density at radius 2 is 1.52 bits per heavy atom. The summed E-state index contributed by atoms with van der Waals surface area (Å²) in [6.07, 6.45) is 0. The fourth-order valence-corrected chi connectivity index (χ4v) is 2.68. The van der Waals surface area contributed by atoms with Crippen LogP contribution >= 0.6 is 0 Å². The second-order valence-corrected chi connectivity index (χ2v) is 8.03. The molecule has 0 fully saturated rings. The molecule has 0 spiro atoms. The summed E-state index contributed by atoms with van der Waals surface area (Å²) in [7, 11) is 0. The van der Waals surface area contributed by atoms with Crippen LogP contribution in [0.15, 0.2) is 72.8 Å². The summed E-state index contributed by atoms with van der Waals surface area (Å²) in [6, 6.07) is 18.9. The van der Waals surface area contributed by atoms with Crippen LogP contribution in [0.4, 0.5) is 0 Å². The molecule has 0 N–H and O–H groups in total. The van der Waals surface area contributed by atoms with Crippen molar-refractivity contribution in [1.82, 2.24) is 0 Å². The second kappa shape index (κ2) is 7.92. The summed E-state index contributed by atoms with van der Waals surface area (Å²) in [4.78, 5) is 24.0. The minimum absolute atomic E-state index is 0.278. The lowest BCUT2D eigenvalue weighted by Gasteiger charge is -2.16. The van der Waals surface area contributed by atoms with Gasteiger partial charge in [0.2, 0.25) is 0 Å². The zero-order chi connectivity index (χ0) is 21.2. The van der Waals surface area contributed by atoms with Gasteiger partial charge in [0, 0.05) is 11.0 Å². The first-order chi connectivity index (χ1) is 13.6. The average molecular weight is 388 g/mol. The highest BCUT2D eigenvalue weighted by Gasteiger charge is 2.23. The van der Waals surface area contributed by atoms with Gasteiger partial charge in [-0.1, -0.05) is 43.0 Å². The smallest absolute Gasteiger partial charge is 0.338 e. The molecule has 29 heavy (non-hydrogen) atoms. The maximum absolute atomic E-state index is 12.0. The van der Waals surface area contributed by atoms with Crippen LogP contribution in [0.5, 0.6) is 11.5 Å². The van der Waals surface area contributed by atoms with Crippen molar-refractivity contribution in [3.63, 3.8) is 0 Å². The van der Waals surface area contributed by atoms with E-state index >= 15 is 0 Å². The van der Waals surface area contributed by atoms with E-state index in [0.29, 0.717) is 17.1 Å². The Morgan fingerprint density at radius 3 is 2.14 bits per heavy atom. The first-order valence-corrected chi connectivity index (χ1v) is 9.38. The zero-order valence-corrected chi connectivity index (χ0v) is 17.1. The molecule has 0 aliphatic carbocycles. The molecular weight excluding hydrogens is 364 g/mol. The second-order valence-electron chi connectivity index (χ2n) is 8.03. The fourth-order valence-electron chi connectivity index (χ4n) is 2.68. The van der Waals surface area contributed by atoms with Gasteiger partial charge >= 0.3 is 11.9 Å². The highest BCUT2D eigenvalue weighted by atomic mass is 16.5. The van der Waals surface area contributed by atoms with Crippen LogP contribution < -0.4 is 9.47 Å². The number of carbonyl (C=O) groups excluding carboxylic acids is 2. The van der Waals surface area contributed by atoms with Gasteiger partial charge in [0.1, 0.15) is 11.5 Å². The van der Waals surface area contributed by atoms with Crippen molar-refractivity contribution in [1.29, 1.82) is 0 Å². The molecule has 3 rings (SSSR count). The Balaban J connectivity index is 1.91. The number of hydrogen-bond acceptors (Lipinski definition) is 4. The molecule has 0 bridgehead atoms. The predicted octanol–water partition coefficient (Wildman–Crippen LogP) is 5.94. The highest BCUT2D eigenvalue weighted by Crippen LogP contribution is 2.32. The van der Waals surface area contributed by atoms with Gasteiger partial charge < -0.3 is 9.47 Å². The van der Waals surface area contributed by atoms with Crippen molar-refractivity contribution in [3.8, 4) is 22.6 Å². The van der Waals surface area contributed by atoms with E-state index in [1.165, 1.54) is 0 Å². The number of hydrogen-bond donors (Lipinski definition) is 0. The Labute approximate surface area is 170 Å². The number of carbonyl (C=O) groups is 2. The number of esters is 2. The molecule has 0 aromatic heterocycles. The Bertz CT molecular complexity index is 1090. The SMILES string of the molecule is C=C(C)C(=O)Oc1cccc2ccc(-c3ccc(OC(=O)C(C)(C)C)cc3)cc12. The summed E-state index contributed by atoms with van der Waals surface area (Å²) >= 11 is 0. The van der Waals surface area contributed by atoms with Crippen LogP contribution in [0.1, 0.15) is 27.7 Å². The van der Waals surface area contributed by atoms with Gasteiger partial charge in [-0.2, -0.15) is 0 Å². The topological polar surface area (TPSA) is 52.6 Å². The van der Waals surface area contributed by atoms with E-state index in [0.717, 1.165) is 21.9 Å². The van der Waals surface area contributed by atoms with Crippen molar-refractivity contribution in [2.24, 2.45) is 5.41 Å². The quantitative estimate of drug-likeness (QED) is 0.315. The zero-order valence-electron chi connectivity index (χ0n) is 17.1. The van der Waals surface area contributed by atoms with Crippen LogP contribution in [0.2, 0.25) is 0 Å². The van der Waals surface area contributed by atoms with Crippen LogP contribution in [-0.2, 0) is 9.59 Å². The molecular formula is C25H24O4. The van der Waals surface area contributed by atoms with Gasteiger partial charge in [0.25, 0.3) is 0 Å². The van der Waals surface area contributed by atoms with E-state index < -0.39 is 11.4 Å². The first kappa shape index (κ1) is 20.3.